The van der Waals surface area contributed by atoms with Gasteiger partial charge in [-0.1, -0.05) is 60.7 Å². The van der Waals surface area contributed by atoms with Gasteiger partial charge >= 0.3 is 11.9 Å². The molecule has 0 radical (unpaired) electrons. The summed E-state index contributed by atoms with van der Waals surface area (Å²) >= 11 is 0. The smallest absolute Gasteiger partial charge is 0.310 e. The summed E-state index contributed by atoms with van der Waals surface area (Å²) in [7, 11) is 0. The fourth-order valence-corrected chi connectivity index (χ4v) is 2.80. The normalized spacial score (nSPS) is 10.8. The van der Waals surface area contributed by atoms with E-state index in [2.05, 4.69) is 9.97 Å². The van der Waals surface area contributed by atoms with Gasteiger partial charge in [-0.3, -0.25) is 29.1 Å². The van der Waals surface area contributed by atoms with E-state index in [0.717, 1.165) is 11.1 Å². The predicted molar refractivity (Wildman–Crippen MR) is 150 cm³/mol. The minimum Gasteiger partial charge on any atom is -0.481 e. The van der Waals surface area contributed by atoms with Crippen LogP contribution in [0.3, 0.4) is 0 Å². The van der Waals surface area contributed by atoms with E-state index in [4.69, 9.17) is 21.7 Å². The molecule has 0 saturated carbocycles. The van der Waals surface area contributed by atoms with E-state index in [0.29, 0.717) is 11.1 Å². The number of carbonyl (C=O) groups is 4. The maximum atomic E-state index is 10.5. The molecule has 0 bridgehead atoms. The fourth-order valence-electron chi connectivity index (χ4n) is 2.80. The van der Waals surface area contributed by atoms with Gasteiger partial charge in [-0.15, -0.1) is 0 Å². The first-order valence-electron chi connectivity index (χ1n) is 12.0. The summed E-state index contributed by atoms with van der Waals surface area (Å²) in [5.74, 6) is -3.21. The molecule has 4 aromatic rings. The lowest BCUT2D eigenvalue weighted by Crippen LogP contribution is -2.10. The molecule has 0 aliphatic heterocycles. The Hall–Kier alpha value is -5.38. The summed E-state index contributed by atoms with van der Waals surface area (Å²) in [5.41, 5.74) is 12.6. The molecule has 2 atom stereocenters. The molecule has 2 aromatic carbocycles. The molecule has 6 N–H and O–H groups in total. The number of carboxylic acids is 2. The van der Waals surface area contributed by atoms with Crippen LogP contribution < -0.4 is 11.5 Å². The molecule has 2 heterocycles. The standard InChI is InChI=1S/2C9H10O2.2C6H6N2O/c2*1-7(9(10)11)8-5-3-2-4-6-8;2*7-6(9)5-1-3-8-4-2-5/h2*2-7H,1H3,(H,10,11);2*1-4H,(H2,7,9)/t2*7-;;/m11../s1. The Labute approximate surface area is 232 Å². The van der Waals surface area contributed by atoms with E-state index in [9.17, 15) is 19.2 Å². The highest BCUT2D eigenvalue weighted by molar-refractivity contribution is 5.92. The van der Waals surface area contributed by atoms with Gasteiger partial charge in [0.05, 0.1) is 11.8 Å². The highest BCUT2D eigenvalue weighted by Gasteiger charge is 2.12. The number of rotatable bonds is 6. The number of amides is 2. The number of pyridine rings is 2. The Morgan fingerprint density at radius 2 is 0.825 bits per heavy atom. The molecule has 2 aromatic heterocycles. The van der Waals surface area contributed by atoms with Crippen molar-refractivity contribution in [3.8, 4) is 0 Å². The fraction of sp³-hybridized carbons (Fsp3) is 0.133. The third kappa shape index (κ3) is 12.7. The minimum atomic E-state index is -0.781. The van der Waals surface area contributed by atoms with Crippen molar-refractivity contribution in [2.24, 2.45) is 11.5 Å². The summed E-state index contributed by atoms with van der Waals surface area (Å²) in [4.78, 5) is 49.2. The number of hydrogen-bond donors (Lipinski definition) is 4. The zero-order valence-corrected chi connectivity index (χ0v) is 22.1. The van der Waals surface area contributed by atoms with Gasteiger partial charge in [0.1, 0.15) is 0 Å². The molecule has 0 saturated heterocycles. The first-order chi connectivity index (χ1) is 19.0. The zero-order valence-electron chi connectivity index (χ0n) is 22.1. The first kappa shape index (κ1) is 32.6. The maximum absolute atomic E-state index is 10.5. The summed E-state index contributed by atoms with van der Waals surface area (Å²) in [6, 6.07) is 24.7. The number of nitrogens with two attached hydrogens (primary N) is 2. The Morgan fingerprint density at radius 1 is 0.550 bits per heavy atom. The lowest BCUT2D eigenvalue weighted by atomic mass is 10.0. The number of nitrogens with zero attached hydrogens (tertiary/aromatic N) is 2. The lowest BCUT2D eigenvalue weighted by molar-refractivity contribution is -0.139. The zero-order chi connectivity index (χ0) is 29.9. The van der Waals surface area contributed by atoms with Crippen LogP contribution in [-0.4, -0.2) is 43.9 Å². The number of hydrogen-bond acceptors (Lipinski definition) is 6. The molecule has 4 rings (SSSR count). The van der Waals surface area contributed by atoms with Crippen LogP contribution >= 0.6 is 0 Å². The number of carbonyl (C=O) groups excluding carboxylic acids is 2. The van der Waals surface area contributed by atoms with Crippen LogP contribution in [0.4, 0.5) is 0 Å². The summed E-state index contributed by atoms with van der Waals surface area (Å²) in [5, 5.41) is 17.3. The minimum absolute atomic E-state index is 0.406. The maximum Gasteiger partial charge on any atom is 0.310 e. The number of primary amides is 2. The van der Waals surface area contributed by atoms with Crippen molar-refractivity contribution >= 4 is 23.8 Å². The van der Waals surface area contributed by atoms with Crippen molar-refractivity contribution < 1.29 is 29.4 Å². The summed E-state index contributed by atoms with van der Waals surface area (Å²) in [6.07, 6.45) is 6.11. The molecule has 208 valence electrons. The van der Waals surface area contributed by atoms with Gasteiger partial charge in [0.15, 0.2) is 0 Å². The van der Waals surface area contributed by atoms with Crippen molar-refractivity contribution in [1.82, 2.24) is 9.97 Å². The van der Waals surface area contributed by atoms with Crippen molar-refractivity contribution in [3.05, 3.63) is 132 Å². The molecule has 10 heteroatoms. The van der Waals surface area contributed by atoms with Crippen molar-refractivity contribution in [2.45, 2.75) is 25.7 Å². The van der Waals surface area contributed by atoms with E-state index in [1.165, 1.54) is 24.8 Å². The van der Waals surface area contributed by atoms with E-state index in [1.54, 1.807) is 38.1 Å². The second kappa shape index (κ2) is 18.0. The number of benzene rings is 2. The molecule has 0 spiro atoms. The number of carboxylic acid groups (broad SMARTS) is 2. The van der Waals surface area contributed by atoms with Crippen LogP contribution in [0.2, 0.25) is 0 Å². The molecule has 0 aliphatic rings. The van der Waals surface area contributed by atoms with E-state index >= 15 is 0 Å². The summed E-state index contributed by atoms with van der Waals surface area (Å²) < 4.78 is 0. The Balaban J connectivity index is 0.000000268. The Morgan fingerprint density at radius 3 is 1.02 bits per heavy atom. The third-order valence-electron chi connectivity index (χ3n) is 5.27. The van der Waals surface area contributed by atoms with Gasteiger partial charge in [0.25, 0.3) is 0 Å². The van der Waals surface area contributed by atoms with Gasteiger partial charge in [0, 0.05) is 35.9 Å². The van der Waals surface area contributed by atoms with Gasteiger partial charge < -0.3 is 21.7 Å². The second-order valence-corrected chi connectivity index (χ2v) is 8.14. The first-order valence-corrected chi connectivity index (χ1v) is 12.0. The van der Waals surface area contributed by atoms with Crippen molar-refractivity contribution in [1.29, 1.82) is 0 Å². The van der Waals surface area contributed by atoms with Gasteiger partial charge in [-0.2, -0.15) is 0 Å². The molecule has 2 amide bonds. The van der Waals surface area contributed by atoms with Crippen LogP contribution in [0.25, 0.3) is 0 Å². The third-order valence-corrected chi connectivity index (χ3v) is 5.27. The average molecular weight is 545 g/mol. The molecule has 0 aliphatic carbocycles. The van der Waals surface area contributed by atoms with Gasteiger partial charge in [-0.25, -0.2) is 0 Å². The van der Waals surface area contributed by atoms with Crippen molar-refractivity contribution in [3.63, 3.8) is 0 Å². The van der Waals surface area contributed by atoms with E-state index < -0.39 is 35.6 Å². The van der Waals surface area contributed by atoms with Gasteiger partial charge in [-0.05, 0) is 49.2 Å². The topological polar surface area (TPSA) is 187 Å². The molecule has 10 nitrogen and oxygen atoms in total. The molecule has 0 unspecified atom stereocenters. The van der Waals surface area contributed by atoms with Crippen LogP contribution in [-0.2, 0) is 9.59 Å². The molecule has 0 fully saturated rings. The lowest BCUT2D eigenvalue weighted by Gasteiger charge is -2.04. The molecular weight excluding hydrogens is 512 g/mol. The highest BCUT2D eigenvalue weighted by atomic mass is 16.4. The second-order valence-electron chi connectivity index (χ2n) is 8.14. The van der Waals surface area contributed by atoms with Crippen LogP contribution in [0.15, 0.2) is 110 Å². The quantitative estimate of drug-likeness (QED) is 0.279. The SMILES string of the molecule is C[C@@H](C(=O)O)c1ccccc1.C[C@@H](C(=O)O)c1ccccc1.NC(=O)c1ccncc1.NC(=O)c1ccncc1. The Bertz CT molecular complexity index is 1220. The molecular formula is C30H32N4O6. The van der Waals surface area contributed by atoms with Crippen LogP contribution in [0.1, 0.15) is 57.5 Å². The molecule has 40 heavy (non-hydrogen) atoms. The van der Waals surface area contributed by atoms with E-state index in [1.807, 2.05) is 60.7 Å². The van der Waals surface area contributed by atoms with E-state index in [-0.39, 0.29) is 0 Å². The van der Waals surface area contributed by atoms with Crippen molar-refractivity contribution in [2.75, 3.05) is 0 Å². The Kier molecular flexibility index (Phi) is 14.7. The number of aliphatic carboxylic acids is 2. The predicted octanol–water partition coefficient (Wildman–Crippen LogP) is 4.11. The van der Waals surface area contributed by atoms with Crippen LogP contribution in [0.5, 0.6) is 0 Å². The monoisotopic (exact) mass is 544 g/mol. The average Bonchev–Trinajstić information content (AvgIpc) is 2.99. The van der Waals surface area contributed by atoms with Crippen LogP contribution in [0, 0.1) is 0 Å². The highest BCUT2D eigenvalue weighted by Crippen LogP contribution is 2.14. The largest absolute Gasteiger partial charge is 0.481 e. The summed E-state index contributed by atoms with van der Waals surface area (Å²) in [6.45, 7) is 3.36. The van der Waals surface area contributed by atoms with Gasteiger partial charge in [0.2, 0.25) is 11.8 Å². The number of aromatic nitrogens is 2.